The Hall–Kier alpha value is -3.75. The van der Waals surface area contributed by atoms with Crippen molar-refractivity contribution in [1.29, 1.82) is 5.26 Å². The van der Waals surface area contributed by atoms with E-state index in [4.69, 9.17) is 11.0 Å². The number of benzene rings is 2. The number of hydrogen-bond donors (Lipinski definition) is 3. The summed E-state index contributed by atoms with van der Waals surface area (Å²) in [4.78, 5) is 6.53. The molecule has 2 aromatic carbocycles. The van der Waals surface area contributed by atoms with Gasteiger partial charge in [-0.3, -0.25) is 0 Å². The number of anilines is 1. The van der Waals surface area contributed by atoms with E-state index in [1.54, 1.807) is 6.07 Å². The summed E-state index contributed by atoms with van der Waals surface area (Å²) < 4.78 is 56.0. The number of nitrogens with two attached hydrogens (primary N) is 1. The monoisotopic (exact) mass is 524 g/mol. The second-order valence-corrected chi connectivity index (χ2v) is 8.08. The van der Waals surface area contributed by atoms with Gasteiger partial charge in [-0.1, -0.05) is 12.1 Å². The number of phenolic OH excluding ortho intramolecular Hbond substituents is 1. The second kappa shape index (κ2) is 10.5. The molecule has 0 unspecified atom stereocenters. The van der Waals surface area contributed by atoms with Crippen molar-refractivity contribution < 1.29 is 32.5 Å². The van der Waals surface area contributed by atoms with E-state index in [9.17, 15) is 27.8 Å². The normalized spacial score (nSPS) is 14.2. The van der Waals surface area contributed by atoms with Crippen molar-refractivity contribution in [2.24, 2.45) is 5.73 Å². The van der Waals surface area contributed by atoms with Crippen molar-refractivity contribution in [3.05, 3.63) is 53.8 Å². The molecule has 0 aliphatic carbocycles. The highest BCUT2D eigenvalue weighted by molar-refractivity contribution is 5.87. The zero-order valence-electron chi connectivity index (χ0n) is 18.6. The Morgan fingerprint density at radius 2 is 1.69 bits per heavy atom. The van der Waals surface area contributed by atoms with Crippen LogP contribution in [0.2, 0.25) is 0 Å². The third-order valence-corrected chi connectivity index (χ3v) is 5.68. The average molecular weight is 525 g/mol. The summed E-state index contributed by atoms with van der Waals surface area (Å²) >= 11 is 0. The summed E-state index contributed by atoms with van der Waals surface area (Å²) in [5.74, 6) is -2.32. The van der Waals surface area contributed by atoms with Crippen LogP contribution < -0.4 is 15.4 Å². The van der Waals surface area contributed by atoms with Crippen molar-refractivity contribution in [2.75, 3.05) is 18.0 Å². The van der Waals surface area contributed by atoms with E-state index in [-0.39, 0.29) is 52.1 Å². The topological polar surface area (TPSA) is 116 Å². The molecular weight excluding hydrogens is 504 g/mol. The minimum absolute atomic E-state index is 0. The molecule has 1 aliphatic rings. The first-order valence-corrected chi connectivity index (χ1v) is 10.6. The molecule has 3 aromatic rings. The quantitative estimate of drug-likeness (QED) is 0.407. The number of phenols is 1. The first-order chi connectivity index (χ1) is 16.6. The first kappa shape index (κ1) is 26.8. The summed E-state index contributed by atoms with van der Waals surface area (Å²) in [6, 6.07) is 10.1. The van der Waals surface area contributed by atoms with Gasteiger partial charge in [-0.2, -0.15) is 5.26 Å². The van der Waals surface area contributed by atoms with E-state index >= 15 is 0 Å². The number of nitriles is 1. The molecule has 1 saturated heterocycles. The van der Waals surface area contributed by atoms with Crippen LogP contribution in [0.15, 0.2) is 42.5 Å². The lowest BCUT2D eigenvalue weighted by molar-refractivity contribution is -0.275. The maximum Gasteiger partial charge on any atom is 0.573 e. The maximum atomic E-state index is 14.4. The van der Waals surface area contributed by atoms with Gasteiger partial charge in [-0.05, 0) is 42.7 Å². The van der Waals surface area contributed by atoms with Gasteiger partial charge in [0.1, 0.15) is 23.5 Å². The molecule has 0 atom stereocenters. The van der Waals surface area contributed by atoms with Crippen molar-refractivity contribution >= 4 is 18.2 Å². The van der Waals surface area contributed by atoms with Crippen LogP contribution in [0, 0.1) is 17.1 Å². The lowest BCUT2D eigenvalue weighted by atomic mass is 9.96. The largest absolute Gasteiger partial charge is 0.573 e. The molecule has 0 spiro atoms. The SMILES string of the molecule is Cl.N#Cc1ccc(-c2nc(N3CCC(N)CC3)cc(O)c2-c2ccc(OC(F)(F)F)c(O)c2)cc1F. The minimum atomic E-state index is -5.01. The Morgan fingerprint density at radius 3 is 2.28 bits per heavy atom. The van der Waals surface area contributed by atoms with Gasteiger partial charge < -0.3 is 25.6 Å². The van der Waals surface area contributed by atoms with Gasteiger partial charge in [-0.25, -0.2) is 9.37 Å². The summed E-state index contributed by atoms with van der Waals surface area (Å²) in [5.41, 5.74) is 6.29. The summed E-state index contributed by atoms with van der Waals surface area (Å²) in [5, 5.41) is 30.1. The predicted molar refractivity (Wildman–Crippen MR) is 126 cm³/mol. The van der Waals surface area contributed by atoms with E-state index < -0.39 is 23.7 Å². The molecule has 2 heterocycles. The molecule has 1 aromatic heterocycles. The number of aromatic hydroxyl groups is 2. The van der Waals surface area contributed by atoms with Crippen LogP contribution in [0.3, 0.4) is 0 Å². The van der Waals surface area contributed by atoms with Crippen molar-refractivity contribution in [2.45, 2.75) is 25.2 Å². The van der Waals surface area contributed by atoms with Crippen LogP contribution in [0.5, 0.6) is 17.2 Å². The fraction of sp³-hybridized carbons (Fsp3) is 0.250. The molecule has 0 radical (unpaired) electrons. The lowest BCUT2D eigenvalue weighted by Gasteiger charge is -2.31. The van der Waals surface area contributed by atoms with Crippen LogP contribution >= 0.6 is 12.4 Å². The molecule has 1 aliphatic heterocycles. The highest BCUT2D eigenvalue weighted by Crippen LogP contribution is 2.43. The Morgan fingerprint density at radius 1 is 1.03 bits per heavy atom. The van der Waals surface area contributed by atoms with Crippen molar-refractivity contribution in [1.82, 2.24) is 4.98 Å². The number of aromatic nitrogens is 1. The Labute approximate surface area is 209 Å². The van der Waals surface area contributed by atoms with E-state index in [0.717, 1.165) is 18.2 Å². The first-order valence-electron chi connectivity index (χ1n) is 10.6. The second-order valence-electron chi connectivity index (χ2n) is 8.08. The fourth-order valence-corrected chi connectivity index (χ4v) is 3.94. The molecule has 4 rings (SSSR count). The van der Waals surface area contributed by atoms with E-state index in [0.29, 0.717) is 31.7 Å². The Balaban J connectivity index is 0.00000361. The molecular formula is C24H21ClF4N4O3. The molecule has 0 saturated carbocycles. The zero-order chi connectivity index (χ0) is 25.3. The molecule has 12 heteroatoms. The summed E-state index contributed by atoms with van der Waals surface area (Å²) in [7, 11) is 0. The van der Waals surface area contributed by atoms with Crippen LogP contribution in [0.4, 0.5) is 23.4 Å². The highest BCUT2D eigenvalue weighted by Gasteiger charge is 2.32. The van der Waals surface area contributed by atoms with Gasteiger partial charge >= 0.3 is 6.36 Å². The van der Waals surface area contributed by atoms with Crippen LogP contribution in [0.1, 0.15) is 18.4 Å². The number of piperidine rings is 1. The van der Waals surface area contributed by atoms with Gasteiger partial charge in [0.15, 0.2) is 11.5 Å². The van der Waals surface area contributed by atoms with Gasteiger partial charge in [0.25, 0.3) is 0 Å². The van der Waals surface area contributed by atoms with Crippen LogP contribution in [0.25, 0.3) is 22.4 Å². The third kappa shape index (κ3) is 5.72. The molecule has 7 nitrogen and oxygen atoms in total. The number of nitrogens with zero attached hydrogens (tertiary/aromatic N) is 3. The van der Waals surface area contributed by atoms with Gasteiger partial charge in [0.2, 0.25) is 0 Å². The molecule has 0 bridgehead atoms. The Kier molecular flexibility index (Phi) is 7.81. The van der Waals surface area contributed by atoms with Crippen LogP contribution in [-0.4, -0.2) is 40.7 Å². The number of ether oxygens (including phenoxy) is 1. The average Bonchev–Trinajstić information content (AvgIpc) is 2.79. The van der Waals surface area contributed by atoms with E-state index in [2.05, 4.69) is 9.72 Å². The summed E-state index contributed by atoms with van der Waals surface area (Å²) in [6.45, 7) is 1.16. The fourth-order valence-electron chi connectivity index (χ4n) is 3.94. The van der Waals surface area contributed by atoms with Gasteiger partial charge in [0.05, 0.1) is 16.8 Å². The van der Waals surface area contributed by atoms with Crippen LogP contribution in [-0.2, 0) is 0 Å². The minimum Gasteiger partial charge on any atom is -0.507 e. The standard InChI is InChI=1S/C24H20F4N4O3.ClH/c25-17-9-14(1-2-15(17)12-29)23-22(13-3-4-20(18(33)10-13)35-24(26,27)28)19(34)11-21(31-23)32-7-5-16(30)6-8-32;/h1-4,9-11,16,33H,5-8,30H2,(H,31,34);1H. The molecule has 1 fully saturated rings. The number of pyridine rings is 1. The summed E-state index contributed by atoms with van der Waals surface area (Å²) in [6.07, 6.45) is -3.59. The maximum absolute atomic E-state index is 14.4. The van der Waals surface area contributed by atoms with Gasteiger partial charge in [0, 0.05) is 30.8 Å². The lowest BCUT2D eigenvalue weighted by Crippen LogP contribution is -2.40. The number of halogens is 5. The molecule has 4 N–H and O–H groups in total. The molecule has 190 valence electrons. The van der Waals surface area contributed by atoms with Crippen molar-refractivity contribution in [3.8, 4) is 45.7 Å². The number of alkyl halides is 3. The highest BCUT2D eigenvalue weighted by atomic mass is 35.5. The Bertz CT molecular complexity index is 1310. The van der Waals surface area contributed by atoms with E-state index in [1.807, 2.05) is 4.90 Å². The zero-order valence-corrected chi connectivity index (χ0v) is 19.4. The smallest absolute Gasteiger partial charge is 0.507 e. The third-order valence-electron chi connectivity index (χ3n) is 5.68. The number of rotatable bonds is 4. The predicted octanol–water partition coefficient (Wildman–Crippen LogP) is 5.09. The molecule has 0 amide bonds. The molecule has 36 heavy (non-hydrogen) atoms. The van der Waals surface area contributed by atoms with E-state index in [1.165, 1.54) is 24.3 Å². The number of hydrogen-bond acceptors (Lipinski definition) is 7. The van der Waals surface area contributed by atoms with Crippen molar-refractivity contribution in [3.63, 3.8) is 0 Å². The van der Waals surface area contributed by atoms with Gasteiger partial charge in [-0.15, -0.1) is 25.6 Å².